The smallest absolute Gasteiger partial charge is 0.264 e. The summed E-state index contributed by atoms with van der Waals surface area (Å²) in [6.45, 7) is 0.220. The number of aliphatic hydroxyl groups is 1. The van der Waals surface area contributed by atoms with Gasteiger partial charge in [-0.2, -0.15) is 0 Å². The maximum Gasteiger partial charge on any atom is 0.264 e. The minimum atomic E-state index is -1.92. The average molecular weight is 417 g/mol. The van der Waals surface area contributed by atoms with Crippen molar-refractivity contribution in [1.29, 1.82) is 0 Å². The number of Topliss-reactive ketones (excluding diaryl/α,β-unsaturated/α-hetero) is 1. The summed E-state index contributed by atoms with van der Waals surface area (Å²) in [4.78, 5) is 27.7. The van der Waals surface area contributed by atoms with Crippen LogP contribution in [0.5, 0.6) is 11.5 Å². The molecule has 0 saturated carbocycles. The molecule has 31 heavy (non-hydrogen) atoms. The van der Waals surface area contributed by atoms with Gasteiger partial charge in [-0.1, -0.05) is 54.6 Å². The van der Waals surface area contributed by atoms with E-state index in [1.807, 2.05) is 12.1 Å². The van der Waals surface area contributed by atoms with Crippen LogP contribution in [0.3, 0.4) is 0 Å². The first kappa shape index (κ1) is 20.6. The maximum atomic E-state index is 13.4. The fraction of sp³-hybridized carbons (Fsp3) is 0.200. The summed E-state index contributed by atoms with van der Waals surface area (Å²) >= 11 is 0. The SMILES string of the molecule is COc1ccc(CN2C(=O)[C@@](O)(CC(=O)c3ccccc3)c3ccccc32)cc1OC. The van der Waals surface area contributed by atoms with Crippen LogP contribution in [0.4, 0.5) is 5.69 Å². The lowest BCUT2D eigenvalue weighted by molar-refractivity contribution is -0.136. The molecule has 1 atom stereocenters. The molecule has 0 aromatic heterocycles. The number of benzene rings is 3. The van der Waals surface area contributed by atoms with Gasteiger partial charge in [0, 0.05) is 11.1 Å². The Bertz CT molecular complexity index is 1130. The lowest BCUT2D eigenvalue weighted by atomic mass is 9.88. The summed E-state index contributed by atoms with van der Waals surface area (Å²) in [5.74, 6) is 0.325. The Labute approximate surface area is 180 Å². The molecule has 3 aromatic rings. The fourth-order valence-electron chi connectivity index (χ4n) is 3.95. The molecular formula is C25H23NO5. The number of anilines is 1. The summed E-state index contributed by atoms with van der Waals surface area (Å²) < 4.78 is 10.6. The molecule has 0 unspecified atom stereocenters. The van der Waals surface area contributed by atoms with Gasteiger partial charge >= 0.3 is 0 Å². The van der Waals surface area contributed by atoms with Crippen LogP contribution in [-0.4, -0.2) is 31.0 Å². The second-order valence-corrected chi connectivity index (χ2v) is 7.42. The number of fused-ring (bicyclic) bond motifs is 1. The summed E-state index contributed by atoms with van der Waals surface area (Å²) in [6.07, 6.45) is -0.324. The first-order valence-corrected chi connectivity index (χ1v) is 9.91. The van der Waals surface area contributed by atoms with Crippen molar-refractivity contribution in [3.63, 3.8) is 0 Å². The second kappa shape index (κ2) is 8.24. The molecule has 3 aromatic carbocycles. The first-order chi connectivity index (χ1) is 15.0. The van der Waals surface area contributed by atoms with Gasteiger partial charge in [0.25, 0.3) is 5.91 Å². The van der Waals surface area contributed by atoms with Gasteiger partial charge in [-0.25, -0.2) is 0 Å². The quantitative estimate of drug-likeness (QED) is 0.593. The molecule has 1 N–H and O–H groups in total. The highest BCUT2D eigenvalue weighted by Crippen LogP contribution is 2.43. The lowest BCUT2D eigenvalue weighted by Crippen LogP contribution is -2.41. The van der Waals surface area contributed by atoms with Crippen LogP contribution in [-0.2, 0) is 16.9 Å². The largest absolute Gasteiger partial charge is 0.493 e. The summed E-state index contributed by atoms with van der Waals surface area (Å²) in [7, 11) is 3.10. The zero-order valence-electron chi connectivity index (χ0n) is 17.4. The van der Waals surface area contributed by atoms with Crippen molar-refractivity contribution in [2.75, 3.05) is 19.1 Å². The summed E-state index contributed by atoms with van der Waals surface area (Å²) in [5.41, 5.74) is 0.370. The highest BCUT2D eigenvalue weighted by Gasteiger charge is 2.50. The Morgan fingerprint density at radius 1 is 0.935 bits per heavy atom. The van der Waals surface area contributed by atoms with Gasteiger partial charge in [0.05, 0.1) is 32.9 Å². The van der Waals surface area contributed by atoms with E-state index in [2.05, 4.69) is 0 Å². The van der Waals surface area contributed by atoms with Crippen molar-refractivity contribution in [2.45, 2.75) is 18.6 Å². The van der Waals surface area contributed by atoms with Crippen LogP contribution in [0.25, 0.3) is 0 Å². The normalized spacial score (nSPS) is 17.4. The van der Waals surface area contributed by atoms with Crippen molar-refractivity contribution >= 4 is 17.4 Å². The minimum Gasteiger partial charge on any atom is -0.493 e. The van der Waals surface area contributed by atoms with E-state index in [0.717, 1.165) is 5.56 Å². The van der Waals surface area contributed by atoms with E-state index in [0.29, 0.717) is 28.3 Å². The number of nitrogens with zero attached hydrogens (tertiary/aromatic N) is 1. The van der Waals surface area contributed by atoms with E-state index in [-0.39, 0.29) is 18.7 Å². The Kier molecular flexibility index (Phi) is 5.48. The molecule has 0 spiro atoms. The number of ether oxygens (including phenoxy) is 2. The van der Waals surface area contributed by atoms with E-state index in [1.165, 1.54) is 4.90 Å². The lowest BCUT2D eigenvalue weighted by Gasteiger charge is -2.23. The number of carbonyl (C=O) groups excluding carboxylic acids is 2. The molecular weight excluding hydrogens is 394 g/mol. The number of para-hydroxylation sites is 1. The molecule has 6 nitrogen and oxygen atoms in total. The van der Waals surface area contributed by atoms with E-state index in [9.17, 15) is 14.7 Å². The molecule has 1 heterocycles. The third-order valence-electron chi connectivity index (χ3n) is 5.54. The third kappa shape index (κ3) is 3.66. The van der Waals surface area contributed by atoms with E-state index >= 15 is 0 Å². The molecule has 1 amide bonds. The fourth-order valence-corrected chi connectivity index (χ4v) is 3.95. The molecule has 0 radical (unpaired) electrons. The van der Waals surface area contributed by atoms with Crippen molar-refractivity contribution in [3.05, 3.63) is 89.5 Å². The van der Waals surface area contributed by atoms with Crippen LogP contribution in [0, 0.1) is 0 Å². The standard InChI is InChI=1S/C25H23NO5/c1-30-22-13-12-17(14-23(22)31-2)16-26-20-11-7-6-10-19(20)25(29,24(26)28)15-21(27)18-8-4-3-5-9-18/h3-14,29H,15-16H2,1-2H3/t25-/m1/s1. The number of carbonyl (C=O) groups is 2. The number of methoxy groups -OCH3 is 2. The number of ketones is 1. The van der Waals surface area contributed by atoms with Gasteiger partial charge in [-0.3, -0.25) is 9.59 Å². The van der Waals surface area contributed by atoms with Gasteiger partial charge < -0.3 is 19.5 Å². The highest BCUT2D eigenvalue weighted by atomic mass is 16.5. The van der Waals surface area contributed by atoms with Crippen LogP contribution in [0.15, 0.2) is 72.8 Å². The Morgan fingerprint density at radius 3 is 2.32 bits per heavy atom. The molecule has 0 bridgehead atoms. The molecule has 0 saturated heterocycles. The predicted octanol–water partition coefficient (Wildman–Crippen LogP) is 3.71. The van der Waals surface area contributed by atoms with E-state index in [4.69, 9.17) is 9.47 Å². The molecule has 0 aliphatic carbocycles. The average Bonchev–Trinajstić information content (AvgIpc) is 3.01. The van der Waals surface area contributed by atoms with Crippen LogP contribution in [0.2, 0.25) is 0 Å². The number of hydrogen-bond donors (Lipinski definition) is 1. The molecule has 4 rings (SSSR count). The highest BCUT2D eigenvalue weighted by molar-refractivity contribution is 6.10. The predicted molar refractivity (Wildman–Crippen MR) is 116 cm³/mol. The van der Waals surface area contributed by atoms with E-state index in [1.54, 1.807) is 74.9 Å². The van der Waals surface area contributed by atoms with Gasteiger partial charge in [0.2, 0.25) is 0 Å². The second-order valence-electron chi connectivity index (χ2n) is 7.42. The van der Waals surface area contributed by atoms with Crippen LogP contribution >= 0.6 is 0 Å². The van der Waals surface area contributed by atoms with Gasteiger partial charge in [-0.15, -0.1) is 0 Å². The monoisotopic (exact) mass is 417 g/mol. The molecule has 1 aliphatic heterocycles. The van der Waals surface area contributed by atoms with Crippen LogP contribution < -0.4 is 14.4 Å². The van der Waals surface area contributed by atoms with Gasteiger partial charge in [0.1, 0.15) is 0 Å². The number of amides is 1. The zero-order chi connectivity index (χ0) is 22.0. The third-order valence-corrected chi connectivity index (χ3v) is 5.54. The van der Waals surface area contributed by atoms with E-state index < -0.39 is 11.5 Å². The summed E-state index contributed by atoms with van der Waals surface area (Å²) in [6, 6.07) is 21.1. The minimum absolute atomic E-state index is 0.220. The molecule has 158 valence electrons. The zero-order valence-corrected chi connectivity index (χ0v) is 17.4. The molecule has 0 fully saturated rings. The first-order valence-electron chi connectivity index (χ1n) is 9.91. The van der Waals surface area contributed by atoms with Crippen molar-refractivity contribution in [1.82, 2.24) is 0 Å². The van der Waals surface area contributed by atoms with Gasteiger partial charge in [-0.05, 0) is 23.8 Å². The van der Waals surface area contributed by atoms with Crippen molar-refractivity contribution in [3.8, 4) is 11.5 Å². The van der Waals surface area contributed by atoms with Crippen molar-refractivity contribution < 1.29 is 24.2 Å². The Balaban J connectivity index is 1.67. The van der Waals surface area contributed by atoms with Crippen LogP contribution in [0.1, 0.15) is 27.9 Å². The maximum absolute atomic E-state index is 13.4. The summed E-state index contributed by atoms with van der Waals surface area (Å²) in [5, 5.41) is 11.4. The number of rotatable bonds is 7. The van der Waals surface area contributed by atoms with Gasteiger partial charge in [0.15, 0.2) is 22.9 Å². The Morgan fingerprint density at radius 2 is 1.61 bits per heavy atom. The van der Waals surface area contributed by atoms with Crippen molar-refractivity contribution in [2.24, 2.45) is 0 Å². The molecule has 1 aliphatic rings. The Hall–Kier alpha value is -3.64. The molecule has 6 heteroatoms. The topological polar surface area (TPSA) is 76.1 Å². The number of hydrogen-bond acceptors (Lipinski definition) is 5.